The molecule has 0 saturated heterocycles. The minimum atomic E-state index is -3.82. The number of benzene rings is 2. The number of sulfonamides is 1. The number of carbonyl (C=O) groups is 2. The second-order valence-corrected chi connectivity index (χ2v) is 9.78. The third-order valence-corrected chi connectivity index (χ3v) is 6.10. The number of nitrogens with one attached hydrogen (secondary N) is 2. The number of hydrogen-bond donors (Lipinski definition) is 2. The summed E-state index contributed by atoms with van der Waals surface area (Å²) in [4.78, 5) is 25.5. The standard InChI is InChI=1S/C21H25N3O4S/c1-14(25)24-12-11-15-5-10-18(13-19(15)24)29(27,28)23-17-8-6-16(7-9-17)22-20(26)21(2,3)4/h5-10,13,23H,11-12H2,1-4H3,(H,22,26). The van der Waals surface area contributed by atoms with Gasteiger partial charge in [0.25, 0.3) is 10.0 Å². The van der Waals surface area contributed by atoms with Gasteiger partial charge in [0.2, 0.25) is 11.8 Å². The molecule has 29 heavy (non-hydrogen) atoms. The lowest BCUT2D eigenvalue weighted by molar-refractivity contribution is -0.123. The highest BCUT2D eigenvalue weighted by molar-refractivity contribution is 7.92. The van der Waals surface area contributed by atoms with Crippen molar-refractivity contribution in [3.63, 3.8) is 0 Å². The lowest BCUT2D eigenvalue weighted by atomic mass is 9.95. The summed E-state index contributed by atoms with van der Waals surface area (Å²) >= 11 is 0. The highest BCUT2D eigenvalue weighted by atomic mass is 32.2. The first-order valence-corrected chi connectivity index (χ1v) is 10.8. The van der Waals surface area contributed by atoms with E-state index in [-0.39, 0.29) is 16.7 Å². The zero-order chi connectivity index (χ0) is 21.4. The fourth-order valence-electron chi connectivity index (χ4n) is 3.01. The fraction of sp³-hybridized carbons (Fsp3) is 0.333. The van der Waals surface area contributed by atoms with Crippen LogP contribution in [0.15, 0.2) is 47.4 Å². The van der Waals surface area contributed by atoms with Crippen LogP contribution in [0.1, 0.15) is 33.3 Å². The Labute approximate surface area is 171 Å². The van der Waals surface area contributed by atoms with E-state index in [2.05, 4.69) is 10.0 Å². The second-order valence-electron chi connectivity index (χ2n) is 8.10. The summed E-state index contributed by atoms with van der Waals surface area (Å²) in [5.74, 6) is -0.238. The largest absolute Gasteiger partial charge is 0.326 e. The van der Waals surface area contributed by atoms with E-state index in [0.29, 0.717) is 30.0 Å². The van der Waals surface area contributed by atoms with Crippen LogP contribution in [0.5, 0.6) is 0 Å². The van der Waals surface area contributed by atoms with Crippen LogP contribution in [0.25, 0.3) is 0 Å². The average molecular weight is 416 g/mol. The van der Waals surface area contributed by atoms with E-state index in [0.717, 1.165) is 5.56 Å². The summed E-state index contributed by atoms with van der Waals surface area (Å²) < 4.78 is 28.1. The summed E-state index contributed by atoms with van der Waals surface area (Å²) in [7, 11) is -3.82. The van der Waals surface area contributed by atoms with Crippen LogP contribution in [-0.4, -0.2) is 26.8 Å². The molecule has 1 aliphatic rings. The quantitative estimate of drug-likeness (QED) is 0.800. The Morgan fingerprint density at radius 2 is 1.62 bits per heavy atom. The van der Waals surface area contributed by atoms with Crippen molar-refractivity contribution >= 4 is 38.9 Å². The normalized spacial score (nSPS) is 13.7. The number of anilines is 3. The van der Waals surface area contributed by atoms with Gasteiger partial charge in [0, 0.05) is 35.9 Å². The van der Waals surface area contributed by atoms with Crippen molar-refractivity contribution < 1.29 is 18.0 Å². The molecule has 0 fully saturated rings. The summed E-state index contributed by atoms with van der Waals surface area (Å²) in [5.41, 5.74) is 2.03. The molecule has 3 rings (SSSR count). The molecule has 2 N–H and O–H groups in total. The summed E-state index contributed by atoms with van der Waals surface area (Å²) in [6.45, 7) is 7.47. The van der Waals surface area contributed by atoms with Gasteiger partial charge in [-0.15, -0.1) is 0 Å². The molecule has 2 aromatic carbocycles. The average Bonchev–Trinajstić information content (AvgIpc) is 3.05. The molecule has 0 unspecified atom stereocenters. The van der Waals surface area contributed by atoms with Gasteiger partial charge in [-0.1, -0.05) is 26.8 Å². The first-order chi connectivity index (χ1) is 13.5. The lowest BCUT2D eigenvalue weighted by Gasteiger charge is -2.18. The number of fused-ring (bicyclic) bond motifs is 1. The maximum Gasteiger partial charge on any atom is 0.261 e. The van der Waals surface area contributed by atoms with Gasteiger partial charge in [-0.25, -0.2) is 8.42 Å². The van der Waals surface area contributed by atoms with Gasteiger partial charge in [0.15, 0.2) is 0 Å². The fourth-order valence-corrected chi connectivity index (χ4v) is 4.09. The van der Waals surface area contributed by atoms with Crippen LogP contribution in [0.3, 0.4) is 0 Å². The number of rotatable bonds is 4. The minimum Gasteiger partial charge on any atom is -0.326 e. The van der Waals surface area contributed by atoms with Gasteiger partial charge >= 0.3 is 0 Å². The van der Waals surface area contributed by atoms with Crippen molar-refractivity contribution in [3.8, 4) is 0 Å². The van der Waals surface area contributed by atoms with Crippen molar-refractivity contribution in [2.75, 3.05) is 21.5 Å². The topological polar surface area (TPSA) is 95.6 Å². The van der Waals surface area contributed by atoms with Gasteiger partial charge in [-0.05, 0) is 48.4 Å². The third-order valence-electron chi connectivity index (χ3n) is 4.72. The maximum absolute atomic E-state index is 12.8. The van der Waals surface area contributed by atoms with Crippen LogP contribution in [0.2, 0.25) is 0 Å². The van der Waals surface area contributed by atoms with Crippen LogP contribution in [0.4, 0.5) is 17.1 Å². The lowest BCUT2D eigenvalue weighted by Crippen LogP contribution is -2.27. The Balaban J connectivity index is 1.77. The molecule has 0 aromatic heterocycles. The molecule has 2 amide bonds. The predicted octanol–water partition coefficient (Wildman–Crippen LogP) is 3.38. The second kappa shape index (κ2) is 7.51. The number of hydrogen-bond acceptors (Lipinski definition) is 4. The molecule has 2 aromatic rings. The van der Waals surface area contributed by atoms with Gasteiger partial charge in [0.05, 0.1) is 4.90 Å². The van der Waals surface area contributed by atoms with E-state index < -0.39 is 15.4 Å². The van der Waals surface area contributed by atoms with Crippen molar-refractivity contribution in [1.82, 2.24) is 0 Å². The molecule has 0 atom stereocenters. The van der Waals surface area contributed by atoms with Gasteiger partial charge in [-0.2, -0.15) is 0 Å². The van der Waals surface area contributed by atoms with Crippen LogP contribution < -0.4 is 14.9 Å². The zero-order valence-corrected chi connectivity index (χ0v) is 17.8. The molecule has 154 valence electrons. The Morgan fingerprint density at radius 3 is 2.21 bits per heavy atom. The van der Waals surface area contributed by atoms with Crippen LogP contribution in [0, 0.1) is 5.41 Å². The van der Waals surface area contributed by atoms with E-state index in [1.165, 1.54) is 13.0 Å². The highest BCUT2D eigenvalue weighted by Gasteiger charge is 2.25. The molecule has 8 heteroatoms. The Hall–Kier alpha value is -2.87. The van der Waals surface area contributed by atoms with Crippen molar-refractivity contribution in [3.05, 3.63) is 48.0 Å². The minimum absolute atomic E-state index is 0.0921. The highest BCUT2D eigenvalue weighted by Crippen LogP contribution is 2.31. The van der Waals surface area contributed by atoms with Crippen LogP contribution in [-0.2, 0) is 26.0 Å². The molecule has 0 saturated carbocycles. The molecule has 0 radical (unpaired) electrons. The third kappa shape index (κ3) is 4.59. The molecule has 0 spiro atoms. The van der Waals surface area contributed by atoms with Crippen LogP contribution >= 0.6 is 0 Å². The maximum atomic E-state index is 12.8. The van der Waals surface area contributed by atoms with E-state index in [1.54, 1.807) is 41.3 Å². The van der Waals surface area contributed by atoms with E-state index in [4.69, 9.17) is 0 Å². The van der Waals surface area contributed by atoms with Crippen molar-refractivity contribution in [2.45, 2.75) is 39.0 Å². The molecular weight excluding hydrogens is 390 g/mol. The monoisotopic (exact) mass is 415 g/mol. The van der Waals surface area contributed by atoms with E-state index >= 15 is 0 Å². The Kier molecular flexibility index (Phi) is 5.40. The number of carbonyl (C=O) groups excluding carboxylic acids is 2. The van der Waals surface area contributed by atoms with Crippen molar-refractivity contribution in [2.24, 2.45) is 5.41 Å². The SMILES string of the molecule is CC(=O)N1CCc2ccc(S(=O)(=O)Nc3ccc(NC(=O)C(C)(C)C)cc3)cc21. The molecule has 0 aliphatic carbocycles. The van der Waals surface area contributed by atoms with Gasteiger partial charge in [0.1, 0.15) is 0 Å². The zero-order valence-electron chi connectivity index (χ0n) is 16.9. The molecule has 1 heterocycles. The summed E-state index contributed by atoms with van der Waals surface area (Å²) in [6, 6.07) is 11.3. The molecule has 1 aliphatic heterocycles. The van der Waals surface area contributed by atoms with Gasteiger partial charge in [-0.3, -0.25) is 14.3 Å². The summed E-state index contributed by atoms with van der Waals surface area (Å²) in [5, 5.41) is 2.79. The summed E-state index contributed by atoms with van der Waals surface area (Å²) in [6.07, 6.45) is 0.713. The Morgan fingerprint density at radius 1 is 1.00 bits per heavy atom. The number of nitrogens with zero attached hydrogens (tertiary/aromatic N) is 1. The van der Waals surface area contributed by atoms with Gasteiger partial charge < -0.3 is 10.2 Å². The first-order valence-electron chi connectivity index (χ1n) is 9.33. The molecular formula is C21H25N3O4S. The predicted molar refractivity (Wildman–Crippen MR) is 114 cm³/mol. The first kappa shape index (κ1) is 20.9. The Bertz CT molecular complexity index is 1050. The smallest absolute Gasteiger partial charge is 0.261 e. The molecule has 7 nitrogen and oxygen atoms in total. The van der Waals surface area contributed by atoms with E-state index in [9.17, 15) is 18.0 Å². The molecule has 0 bridgehead atoms. The number of amides is 2. The van der Waals surface area contributed by atoms with E-state index in [1.807, 2.05) is 20.8 Å². The van der Waals surface area contributed by atoms with Crippen molar-refractivity contribution in [1.29, 1.82) is 0 Å².